The van der Waals surface area contributed by atoms with Gasteiger partial charge in [0.05, 0.1) is 13.2 Å². The van der Waals surface area contributed by atoms with E-state index >= 15 is 0 Å². The summed E-state index contributed by atoms with van der Waals surface area (Å²) in [6.07, 6.45) is 2.81. The van der Waals surface area contributed by atoms with Crippen molar-refractivity contribution in [1.29, 1.82) is 0 Å². The normalized spacial score (nSPS) is 20.1. The van der Waals surface area contributed by atoms with Crippen LogP contribution in [0.5, 0.6) is 5.88 Å². The molecule has 1 N–H and O–H groups in total. The molecule has 1 aromatic heterocycles. The number of nitrogens with one attached hydrogen (secondary N) is 1. The number of aryl methyl sites for hydroxylation is 1. The molecule has 2 heterocycles. The van der Waals surface area contributed by atoms with Gasteiger partial charge in [-0.3, -0.25) is 0 Å². The lowest BCUT2D eigenvalue weighted by Gasteiger charge is -2.26. The minimum atomic E-state index is 0.188. The average Bonchev–Trinajstić information content (AvgIpc) is 3.04. The van der Waals surface area contributed by atoms with E-state index in [4.69, 9.17) is 9.47 Å². The molecular formula is C13H18N2O2. The van der Waals surface area contributed by atoms with Crippen LogP contribution >= 0.6 is 0 Å². The van der Waals surface area contributed by atoms with Gasteiger partial charge in [0.2, 0.25) is 5.88 Å². The first-order chi connectivity index (χ1) is 8.29. The molecule has 17 heavy (non-hydrogen) atoms. The topological polar surface area (TPSA) is 43.4 Å². The second-order valence-electron chi connectivity index (χ2n) is 4.89. The molecule has 0 bridgehead atoms. The van der Waals surface area contributed by atoms with Crippen LogP contribution in [0.3, 0.4) is 0 Å². The largest absolute Gasteiger partial charge is 0.469 e. The molecule has 0 radical (unpaired) electrons. The van der Waals surface area contributed by atoms with Gasteiger partial charge in [-0.2, -0.15) is 0 Å². The summed E-state index contributed by atoms with van der Waals surface area (Å²) < 4.78 is 10.8. The first-order valence-electron chi connectivity index (χ1n) is 6.25. The van der Waals surface area contributed by atoms with Crippen LogP contribution in [0, 0.1) is 6.92 Å². The average molecular weight is 234 g/mol. The van der Waals surface area contributed by atoms with Gasteiger partial charge in [-0.25, -0.2) is 4.98 Å². The number of rotatable bonds is 5. The van der Waals surface area contributed by atoms with Crippen molar-refractivity contribution >= 4 is 0 Å². The Kier molecular flexibility index (Phi) is 2.99. The molecule has 3 rings (SSSR count). The van der Waals surface area contributed by atoms with Crippen LogP contribution in [0.15, 0.2) is 12.1 Å². The first kappa shape index (κ1) is 11.0. The highest BCUT2D eigenvalue weighted by Gasteiger charge is 2.22. The molecule has 1 saturated carbocycles. The highest BCUT2D eigenvalue weighted by molar-refractivity contribution is 5.25. The van der Waals surface area contributed by atoms with Crippen molar-refractivity contribution in [2.24, 2.45) is 0 Å². The lowest BCUT2D eigenvalue weighted by molar-refractivity contribution is -0.0814. The maximum atomic E-state index is 5.73. The van der Waals surface area contributed by atoms with Crippen molar-refractivity contribution in [3.05, 3.63) is 23.4 Å². The third-order valence-electron chi connectivity index (χ3n) is 3.06. The van der Waals surface area contributed by atoms with E-state index in [1.807, 2.05) is 13.0 Å². The fourth-order valence-corrected chi connectivity index (χ4v) is 1.87. The van der Waals surface area contributed by atoms with Crippen LogP contribution in [-0.4, -0.2) is 30.3 Å². The molecule has 0 atom stereocenters. The molecule has 0 amide bonds. The third-order valence-corrected chi connectivity index (χ3v) is 3.06. The predicted octanol–water partition coefficient (Wildman–Crippen LogP) is 1.42. The van der Waals surface area contributed by atoms with Crippen LogP contribution in [-0.2, 0) is 11.3 Å². The van der Waals surface area contributed by atoms with E-state index < -0.39 is 0 Å². The summed E-state index contributed by atoms with van der Waals surface area (Å²) in [5.74, 6) is 0.728. The van der Waals surface area contributed by atoms with E-state index in [-0.39, 0.29) is 6.10 Å². The molecular weight excluding hydrogens is 216 g/mol. The molecule has 0 unspecified atom stereocenters. The Morgan fingerprint density at radius 1 is 1.41 bits per heavy atom. The molecule has 2 aliphatic rings. The Labute approximate surface area is 101 Å². The highest BCUT2D eigenvalue weighted by Crippen LogP contribution is 2.21. The molecule has 1 aliphatic heterocycles. The lowest BCUT2D eigenvalue weighted by atomic mass is 10.2. The summed E-state index contributed by atoms with van der Waals surface area (Å²) in [7, 11) is 0. The number of ether oxygens (including phenoxy) is 2. The van der Waals surface area contributed by atoms with Gasteiger partial charge in [-0.05, 0) is 31.4 Å². The van der Waals surface area contributed by atoms with Gasteiger partial charge in [0.1, 0.15) is 6.10 Å². The van der Waals surface area contributed by atoms with Gasteiger partial charge in [-0.1, -0.05) is 0 Å². The summed E-state index contributed by atoms with van der Waals surface area (Å²) in [5, 5.41) is 3.50. The Hall–Kier alpha value is -1.13. The minimum Gasteiger partial charge on any atom is -0.469 e. The summed E-state index contributed by atoms with van der Waals surface area (Å²) in [5.41, 5.74) is 2.26. The Bertz CT molecular complexity index is 400. The third kappa shape index (κ3) is 2.96. The summed E-state index contributed by atoms with van der Waals surface area (Å²) in [6, 6.07) is 4.87. The molecule has 92 valence electrons. The van der Waals surface area contributed by atoms with Crippen molar-refractivity contribution in [2.75, 3.05) is 13.2 Å². The van der Waals surface area contributed by atoms with Gasteiger partial charge in [0.15, 0.2) is 0 Å². The maximum Gasteiger partial charge on any atom is 0.214 e. The van der Waals surface area contributed by atoms with Crippen LogP contribution in [0.2, 0.25) is 0 Å². The van der Waals surface area contributed by atoms with Gasteiger partial charge in [0.25, 0.3) is 0 Å². The SMILES string of the molecule is Cc1cc(CNC2CC2)cc(OC2COC2)n1. The van der Waals surface area contributed by atoms with Crippen LogP contribution in [0.4, 0.5) is 0 Å². The number of aromatic nitrogens is 1. The monoisotopic (exact) mass is 234 g/mol. The zero-order chi connectivity index (χ0) is 11.7. The van der Waals surface area contributed by atoms with Crippen molar-refractivity contribution in [2.45, 2.75) is 38.5 Å². The number of hydrogen-bond donors (Lipinski definition) is 1. The predicted molar refractivity (Wildman–Crippen MR) is 64.1 cm³/mol. The second kappa shape index (κ2) is 4.63. The zero-order valence-electron chi connectivity index (χ0n) is 10.1. The minimum absolute atomic E-state index is 0.188. The standard InChI is InChI=1S/C13H18N2O2/c1-9-4-10(6-14-11-2-3-11)5-13(15-9)17-12-7-16-8-12/h4-5,11-12,14H,2-3,6-8H2,1H3. The fraction of sp³-hybridized carbons (Fsp3) is 0.615. The van der Waals surface area contributed by atoms with E-state index in [0.717, 1.165) is 24.2 Å². The van der Waals surface area contributed by atoms with Crippen molar-refractivity contribution in [1.82, 2.24) is 10.3 Å². The molecule has 1 aromatic rings. The Balaban J connectivity index is 1.64. The van der Waals surface area contributed by atoms with Gasteiger partial charge < -0.3 is 14.8 Å². The van der Waals surface area contributed by atoms with E-state index in [1.165, 1.54) is 18.4 Å². The summed E-state index contributed by atoms with van der Waals surface area (Å²) in [4.78, 5) is 4.39. The summed E-state index contributed by atoms with van der Waals surface area (Å²) in [6.45, 7) is 4.28. The van der Waals surface area contributed by atoms with E-state index in [0.29, 0.717) is 13.2 Å². The molecule has 4 heteroatoms. The molecule has 0 aromatic carbocycles. The number of pyridine rings is 1. The summed E-state index contributed by atoms with van der Waals surface area (Å²) >= 11 is 0. The molecule has 1 saturated heterocycles. The van der Waals surface area contributed by atoms with Crippen LogP contribution in [0.1, 0.15) is 24.1 Å². The van der Waals surface area contributed by atoms with E-state index in [9.17, 15) is 0 Å². The number of nitrogens with zero attached hydrogens (tertiary/aromatic N) is 1. The molecule has 2 fully saturated rings. The highest BCUT2D eigenvalue weighted by atomic mass is 16.6. The van der Waals surface area contributed by atoms with Crippen molar-refractivity contribution < 1.29 is 9.47 Å². The molecule has 1 aliphatic carbocycles. The molecule has 0 spiro atoms. The van der Waals surface area contributed by atoms with E-state index in [2.05, 4.69) is 16.4 Å². The lowest BCUT2D eigenvalue weighted by Crippen LogP contribution is -2.38. The second-order valence-corrected chi connectivity index (χ2v) is 4.89. The smallest absolute Gasteiger partial charge is 0.214 e. The van der Waals surface area contributed by atoms with Gasteiger partial charge >= 0.3 is 0 Å². The van der Waals surface area contributed by atoms with Crippen molar-refractivity contribution in [3.63, 3.8) is 0 Å². The van der Waals surface area contributed by atoms with Crippen molar-refractivity contribution in [3.8, 4) is 5.88 Å². The van der Waals surface area contributed by atoms with Crippen LogP contribution < -0.4 is 10.1 Å². The maximum absolute atomic E-state index is 5.73. The first-order valence-corrected chi connectivity index (χ1v) is 6.25. The van der Waals surface area contributed by atoms with Gasteiger partial charge in [0, 0.05) is 24.3 Å². The number of hydrogen-bond acceptors (Lipinski definition) is 4. The van der Waals surface area contributed by atoms with E-state index in [1.54, 1.807) is 0 Å². The van der Waals surface area contributed by atoms with Crippen LogP contribution in [0.25, 0.3) is 0 Å². The quantitative estimate of drug-likeness (QED) is 0.836. The van der Waals surface area contributed by atoms with Gasteiger partial charge in [-0.15, -0.1) is 0 Å². The fourth-order valence-electron chi connectivity index (χ4n) is 1.87. The zero-order valence-corrected chi connectivity index (χ0v) is 10.1. The Morgan fingerprint density at radius 3 is 2.88 bits per heavy atom. The Morgan fingerprint density at radius 2 is 2.24 bits per heavy atom. The molecule has 4 nitrogen and oxygen atoms in total.